The molecule has 2 heterocycles. The van der Waals surface area contributed by atoms with Gasteiger partial charge in [-0.1, -0.05) is 12.1 Å². The van der Waals surface area contributed by atoms with Crippen LogP contribution < -0.4 is 10.6 Å². The lowest BCUT2D eigenvalue weighted by Crippen LogP contribution is -2.15. The van der Waals surface area contributed by atoms with E-state index in [1.54, 1.807) is 12.3 Å². The summed E-state index contributed by atoms with van der Waals surface area (Å²) >= 11 is 0. The Morgan fingerprint density at radius 3 is 2.75 bits per heavy atom. The van der Waals surface area contributed by atoms with Gasteiger partial charge in [0.2, 0.25) is 0 Å². The quantitative estimate of drug-likeness (QED) is 0.755. The normalized spacial score (nSPS) is 10.2. The van der Waals surface area contributed by atoms with E-state index >= 15 is 0 Å². The first kappa shape index (κ1) is 15.5. The van der Waals surface area contributed by atoms with Gasteiger partial charge in [-0.2, -0.15) is 0 Å². The average molecular weight is 323 g/mol. The van der Waals surface area contributed by atoms with Crippen LogP contribution in [0.4, 0.5) is 15.9 Å². The van der Waals surface area contributed by atoms with Crippen molar-refractivity contribution < 1.29 is 9.18 Å². The molecule has 2 aromatic heterocycles. The SMILES string of the molecule is O=C(Nc1cccc(F)c1)c1cc(NCc2ccccn2)ncn1. The van der Waals surface area contributed by atoms with Crippen LogP contribution in [0, 0.1) is 5.82 Å². The number of amides is 1. The summed E-state index contributed by atoms with van der Waals surface area (Å²) in [5.41, 5.74) is 1.39. The molecule has 0 fully saturated rings. The first-order valence-corrected chi connectivity index (χ1v) is 7.23. The molecule has 0 unspecified atom stereocenters. The minimum absolute atomic E-state index is 0.179. The highest BCUT2D eigenvalue weighted by Gasteiger charge is 2.09. The summed E-state index contributed by atoms with van der Waals surface area (Å²) < 4.78 is 13.2. The standard InChI is InChI=1S/C17H14FN5O/c18-12-4-3-6-13(8-12)23-17(24)15-9-16(22-11-21-15)20-10-14-5-1-2-7-19-14/h1-9,11H,10H2,(H,23,24)(H,20,21,22). The van der Waals surface area contributed by atoms with Crippen molar-refractivity contribution in [2.75, 3.05) is 10.6 Å². The number of rotatable bonds is 5. The van der Waals surface area contributed by atoms with Crippen molar-refractivity contribution in [3.8, 4) is 0 Å². The van der Waals surface area contributed by atoms with Gasteiger partial charge < -0.3 is 10.6 Å². The number of anilines is 2. The predicted molar refractivity (Wildman–Crippen MR) is 87.9 cm³/mol. The lowest BCUT2D eigenvalue weighted by Gasteiger charge is -2.07. The molecule has 0 spiro atoms. The Balaban J connectivity index is 1.67. The second kappa shape index (κ2) is 7.28. The zero-order valence-electron chi connectivity index (χ0n) is 12.6. The first-order valence-electron chi connectivity index (χ1n) is 7.23. The predicted octanol–water partition coefficient (Wildman–Crippen LogP) is 2.88. The Bertz CT molecular complexity index is 841. The molecule has 0 bridgehead atoms. The van der Waals surface area contributed by atoms with Crippen molar-refractivity contribution in [2.24, 2.45) is 0 Å². The number of hydrogen-bond donors (Lipinski definition) is 2. The van der Waals surface area contributed by atoms with Gasteiger partial charge in [-0.05, 0) is 30.3 Å². The Morgan fingerprint density at radius 2 is 1.96 bits per heavy atom. The Morgan fingerprint density at radius 1 is 1.04 bits per heavy atom. The molecule has 0 aliphatic carbocycles. The monoisotopic (exact) mass is 323 g/mol. The van der Waals surface area contributed by atoms with Crippen molar-refractivity contribution in [1.29, 1.82) is 0 Å². The van der Waals surface area contributed by atoms with Gasteiger partial charge in [0.05, 0.1) is 12.2 Å². The van der Waals surface area contributed by atoms with Gasteiger partial charge in [0.25, 0.3) is 5.91 Å². The maximum absolute atomic E-state index is 13.2. The Kier molecular flexibility index (Phi) is 4.71. The molecule has 2 N–H and O–H groups in total. The summed E-state index contributed by atoms with van der Waals surface area (Å²) in [5, 5.41) is 5.67. The summed E-state index contributed by atoms with van der Waals surface area (Å²) in [6, 6.07) is 12.8. The van der Waals surface area contributed by atoms with E-state index in [1.807, 2.05) is 18.2 Å². The van der Waals surface area contributed by atoms with Crippen LogP contribution in [-0.2, 0) is 6.54 Å². The van der Waals surface area contributed by atoms with Crippen molar-refractivity contribution in [1.82, 2.24) is 15.0 Å². The molecule has 0 aliphatic rings. The number of nitrogens with one attached hydrogen (secondary N) is 2. The zero-order valence-corrected chi connectivity index (χ0v) is 12.6. The van der Waals surface area contributed by atoms with Crippen molar-refractivity contribution in [3.63, 3.8) is 0 Å². The molecule has 1 amide bonds. The molecule has 0 aliphatic heterocycles. The van der Waals surface area contributed by atoms with E-state index in [-0.39, 0.29) is 5.69 Å². The molecule has 1 aromatic carbocycles. The van der Waals surface area contributed by atoms with Crippen LogP contribution in [0.1, 0.15) is 16.2 Å². The summed E-state index contributed by atoms with van der Waals surface area (Å²) in [6.45, 7) is 0.475. The molecule has 24 heavy (non-hydrogen) atoms. The number of hydrogen-bond acceptors (Lipinski definition) is 5. The van der Waals surface area contributed by atoms with E-state index in [1.165, 1.54) is 30.6 Å². The van der Waals surface area contributed by atoms with E-state index in [2.05, 4.69) is 25.6 Å². The van der Waals surface area contributed by atoms with Gasteiger partial charge >= 0.3 is 0 Å². The number of halogens is 1. The molecular formula is C17H14FN5O. The van der Waals surface area contributed by atoms with E-state index in [0.717, 1.165) is 5.69 Å². The summed E-state index contributed by atoms with van der Waals surface area (Å²) in [6.07, 6.45) is 3.00. The van der Waals surface area contributed by atoms with E-state index in [0.29, 0.717) is 18.1 Å². The van der Waals surface area contributed by atoms with Crippen LogP contribution in [0.5, 0.6) is 0 Å². The molecular weight excluding hydrogens is 309 g/mol. The Labute approximate surface area is 137 Å². The van der Waals surface area contributed by atoms with Crippen LogP contribution >= 0.6 is 0 Å². The molecule has 3 rings (SSSR count). The first-order chi connectivity index (χ1) is 11.7. The number of pyridine rings is 1. The zero-order chi connectivity index (χ0) is 16.8. The topological polar surface area (TPSA) is 79.8 Å². The van der Waals surface area contributed by atoms with Gasteiger partial charge in [0.15, 0.2) is 0 Å². The molecule has 0 saturated heterocycles. The second-order valence-electron chi connectivity index (χ2n) is 4.93. The third-order valence-electron chi connectivity index (χ3n) is 3.16. The number of benzene rings is 1. The van der Waals surface area contributed by atoms with Crippen molar-refractivity contribution >= 4 is 17.4 Å². The fourth-order valence-electron chi connectivity index (χ4n) is 2.02. The molecule has 0 radical (unpaired) electrons. The maximum atomic E-state index is 13.2. The van der Waals surface area contributed by atoms with Gasteiger partial charge in [0.1, 0.15) is 23.7 Å². The summed E-state index contributed by atoms with van der Waals surface area (Å²) in [4.78, 5) is 24.4. The van der Waals surface area contributed by atoms with E-state index in [4.69, 9.17) is 0 Å². The largest absolute Gasteiger partial charge is 0.364 e. The van der Waals surface area contributed by atoms with Crippen LogP contribution in [0.15, 0.2) is 61.1 Å². The van der Waals surface area contributed by atoms with Gasteiger partial charge in [-0.15, -0.1) is 0 Å². The average Bonchev–Trinajstić information content (AvgIpc) is 2.61. The maximum Gasteiger partial charge on any atom is 0.274 e. The molecule has 0 atom stereocenters. The summed E-state index contributed by atoms with van der Waals surface area (Å²) in [7, 11) is 0. The third kappa shape index (κ3) is 4.10. The highest BCUT2D eigenvalue weighted by Crippen LogP contribution is 2.12. The number of carbonyl (C=O) groups is 1. The fraction of sp³-hybridized carbons (Fsp3) is 0.0588. The number of nitrogens with zero attached hydrogens (tertiary/aromatic N) is 3. The smallest absolute Gasteiger partial charge is 0.274 e. The van der Waals surface area contributed by atoms with E-state index < -0.39 is 11.7 Å². The van der Waals surface area contributed by atoms with Gasteiger partial charge in [-0.3, -0.25) is 9.78 Å². The highest BCUT2D eigenvalue weighted by atomic mass is 19.1. The van der Waals surface area contributed by atoms with Crippen LogP contribution in [0.25, 0.3) is 0 Å². The lowest BCUT2D eigenvalue weighted by molar-refractivity contribution is 0.102. The highest BCUT2D eigenvalue weighted by molar-refractivity contribution is 6.03. The van der Waals surface area contributed by atoms with Crippen LogP contribution in [0.3, 0.4) is 0 Å². The van der Waals surface area contributed by atoms with Crippen molar-refractivity contribution in [2.45, 2.75) is 6.54 Å². The molecule has 120 valence electrons. The minimum atomic E-state index is -0.441. The van der Waals surface area contributed by atoms with Crippen molar-refractivity contribution in [3.05, 3.63) is 78.3 Å². The summed E-state index contributed by atoms with van der Waals surface area (Å²) in [5.74, 6) is -0.364. The van der Waals surface area contributed by atoms with Gasteiger partial charge in [-0.25, -0.2) is 14.4 Å². The fourth-order valence-corrected chi connectivity index (χ4v) is 2.02. The van der Waals surface area contributed by atoms with Gasteiger partial charge in [0, 0.05) is 18.0 Å². The molecule has 3 aromatic rings. The molecule has 0 saturated carbocycles. The minimum Gasteiger partial charge on any atom is -0.364 e. The molecule has 7 heteroatoms. The lowest BCUT2D eigenvalue weighted by atomic mass is 10.3. The van der Waals surface area contributed by atoms with Crippen LogP contribution in [-0.4, -0.2) is 20.9 Å². The number of aromatic nitrogens is 3. The Hall–Kier alpha value is -3.35. The number of carbonyl (C=O) groups excluding carboxylic acids is 1. The van der Waals surface area contributed by atoms with E-state index in [9.17, 15) is 9.18 Å². The molecule has 6 nitrogen and oxygen atoms in total. The van der Waals surface area contributed by atoms with Crippen LogP contribution in [0.2, 0.25) is 0 Å². The third-order valence-corrected chi connectivity index (χ3v) is 3.16. The second-order valence-corrected chi connectivity index (χ2v) is 4.93.